The van der Waals surface area contributed by atoms with Gasteiger partial charge in [0.05, 0.1) is 5.56 Å². The molecule has 0 aromatic carbocycles. The lowest BCUT2D eigenvalue weighted by Crippen LogP contribution is -2.57. The summed E-state index contributed by atoms with van der Waals surface area (Å²) in [5.74, 6) is -0.0212. The number of pyridine rings is 1. The number of nitrogens with one attached hydrogen (secondary N) is 2. The maximum absolute atomic E-state index is 13.3. The molecule has 3 rings (SSSR count). The average Bonchev–Trinajstić information content (AvgIpc) is 3.16. The lowest BCUT2D eigenvalue weighted by atomic mass is 10.2. The van der Waals surface area contributed by atoms with Crippen molar-refractivity contribution in [3.8, 4) is 5.82 Å². The monoisotopic (exact) mass is 440 g/mol. The highest BCUT2D eigenvalue weighted by atomic mass is 35.5. The predicted molar refractivity (Wildman–Crippen MR) is 102 cm³/mol. The Morgan fingerprint density at radius 2 is 1.96 bits per heavy atom. The van der Waals surface area contributed by atoms with E-state index in [-0.39, 0.29) is 30.4 Å². The van der Waals surface area contributed by atoms with Gasteiger partial charge in [0, 0.05) is 51.3 Å². The molecule has 1 fully saturated rings. The standard InChI is InChI=1S/C16H19F3N6O.2ClH/c17-16(18,19)13(24-6-3-20-4-7-24)10-23-15(26)12-1-2-14(22-9-12)25-8-5-21-11-25;;/h1-2,5,8-9,11,13,20H,3-4,6-7,10H2,(H,23,26);2*1H. The first-order chi connectivity index (χ1) is 12.4. The summed E-state index contributed by atoms with van der Waals surface area (Å²) >= 11 is 0. The van der Waals surface area contributed by atoms with Crippen molar-refractivity contribution in [2.24, 2.45) is 0 Å². The van der Waals surface area contributed by atoms with Crippen molar-refractivity contribution in [2.75, 3.05) is 32.7 Å². The molecule has 0 spiro atoms. The van der Waals surface area contributed by atoms with Gasteiger partial charge in [-0.3, -0.25) is 14.3 Å². The number of hydrogen-bond acceptors (Lipinski definition) is 5. The minimum absolute atomic E-state index is 0. The summed E-state index contributed by atoms with van der Waals surface area (Å²) in [6.07, 6.45) is 1.77. The lowest BCUT2D eigenvalue weighted by Gasteiger charge is -2.35. The molecule has 0 radical (unpaired) electrons. The molecule has 1 saturated heterocycles. The fraction of sp³-hybridized carbons (Fsp3) is 0.438. The first-order valence-electron chi connectivity index (χ1n) is 8.19. The molecule has 0 aliphatic carbocycles. The van der Waals surface area contributed by atoms with Crippen molar-refractivity contribution < 1.29 is 18.0 Å². The Balaban J connectivity index is 0.00000196. The van der Waals surface area contributed by atoms with Crippen LogP contribution in [0.4, 0.5) is 13.2 Å². The Hall–Kier alpha value is -1.88. The number of carbonyl (C=O) groups excluding carboxylic acids is 1. The van der Waals surface area contributed by atoms with Gasteiger partial charge in [0.1, 0.15) is 18.2 Å². The minimum atomic E-state index is -4.41. The number of alkyl halides is 3. The highest BCUT2D eigenvalue weighted by molar-refractivity contribution is 5.93. The third-order valence-corrected chi connectivity index (χ3v) is 4.21. The molecule has 1 unspecified atom stereocenters. The Morgan fingerprint density at radius 3 is 2.50 bits per heavy atom. The normalized spacial score (nSPS) is 15.8. The number of hydrogen-bond donors (Lipinski definition) is 2. The quantitative estimate of drug-likeness (QED) is 0.739. The number of halogens is 5. The average molecular weight is 441 g/mol. The molecule has 2 aromatic rings. The number of piperazine rings is 1. The van der Waals surface area contributed by atoms with E-state index in [1.165, 1.54) is 17.2 Å². The molecule has 1 aliphatic heterocycles. The number of carbonyl (C=O) groups is 1. The van der Waals surface area contributed by atoms with Crippen LogP contribution in [0.3, 0.4) is 0 Å². The van der Waals surface area contributed by atoms with Crippen LogP contribution in [-0.2, 0) is 0 Å². The van der Waals surface area contributed by atoms with Crippen LogP contribution < -0.4 is 10.6 Å². The van der Waals surface area contributed by atoms with Crippen LogP contribution in [0.2, 0.25) is 0 Å². The molecule has 12 heteroatoms. The molecule has 2 aromatic heterocycles. The van der Waals surface area contributed by atoms with Crippen molar-refractivity contribution >= 4 is 30.7 Å². The minimum Gasteiger partial charge on any atom is -0.350 e. The van der Waals surface area contributed by atoms with E-state index in [9.17, 15) is 18.0 Å². The fourth-order valence-corrected chi connectivity index (χ4v) is 2.80. The van der Waals surface area contributed by atoms with E-state index in [2.05, 4.69) is 20.6 Å². The summed E-state index contributed by atoms with van der Waals surface area (Å²) in [5.41, 5.74) is 0.204. The van der Waals surface area contributed by atoms with E-state index in [4.69, 9.17) is 0 Å². The molecule has 3 heterocycles. The summed E-state index contributed by atoms with van der Waals surface area (Å²) in [4.78, 5) is 21.6. The molecular weight excluding hydrogens is 420 g/mol. The molecular formula is C16H21Cl2F3N6O. The first kappa shape index (κ1) is 24.2. The second kappa shape index (κ2) is 10.6. The van der Waals surface area contributed by atoms with E-state index in [1.54, 1.807) is 29.4 Å². The van der Waals surface area contributed by atoms with E-state index < -0.39 is 24.7 Å². The summed E-state index contributed by atoms with van der Waals surface area (Å²) in [6.45, 7) is 1.09. The molecule has 1 amide bonds. The summed E-state index contributed by atoms with van der Waals surface area (Å²) in [7, 11) is 0. The van der Waals surface area contributed by atoms with E-state index in [0.717, 1.165) is 0 Å². The van der Waals surface area contributed by atoms with Crippen LogP contribution in [0.5, 0.6) is 0 Å². The van der Waals surface area contributed by atoms with Crippen molar-refractivity contribution in [3.63, 3.8) is 0 Å². The first-order valence-corrected chi connectivity index (χ1v) is 8.19. The van der Waals surface area contributed by atoms with Crippen LogP contribution >= 0.6 is 24.8 Å². The Bertz CT molecular complexity index is 721. The van der Waals surface area contributed by atoms with E-state index in [0.29, 0.717) is 32.0 Å². The van der Waals surface area contributed by atoms with Gasteiger partial charge in [-0.2, -0.15) is 13.2 Å². The summed E-state index contributed by atoms with van der Waals surface area (Å²) in [6, 6.07) is 1.42. The maximum atomic E-state index is 13.3. The third-order valence-electron chi connectivity index (χ3n) is 4.21. The Labute approximate surface area is 172 Å². The fourth-order valence-electron chi connectivity index (χ4n) is 2.80. The van der Waals surface area contributed by atoms with Gasteiger partial charge < -0.3 is 10.6 Å². The highest BCUT2D eigenvalue weighted by Gasteiger charge is 2.43. The van der Waals surface area contributed by atoms with Crippen LogP contribution in [0.1, 0.15) is 10.4 Å². The van der Waals surface area contributed by atoms with Crippen LogP contribution in [-0.4, -0.2) is 70.3 Å². The molecule has 0 bridgehead atoms. The molecule has 7 nitrogen and oxygen atoms in total. The van der Waals surface area contributed by atoms with Gasteiger partial charge in [-0.05, 0) is 12.1 Å². The highest BCUT2D eigenvalue weighted by Crippen LogP contribution is 2.24. The van der Waals surface area contributed by atoms with Crippen molar-refractivity contribution in [1.29, 1.82) is 0 Å². The number of aromatic nitrogens is 3. The van der Waals surface area contributed by atoms with Gasteiger partial charge in [0.15, 0.2) is 0 Å². The molecule has 1 aliphatic rings. The van der Waals surface area contributed by atoms with Gasteiger partial charge in [0.25, 0.3) is 5.91 Å². The maximum Gasteiger partial charge on any atom is 0.405 e. The molecule has 28 heavy (non-hydrogen) atoms. The molecule has 156 valence electrons. The largest absolute Gasteiger partial charge is 0.405 e. The van der Waals surface area contributed by atoms with Crippen LogP contribution in [0, 0.1) is 0 Å². The Morgan fingerprint density at radius 1 is 1.25 bits per heavy atom. The van der Waals surface area contributed by atoms with Gasteiger partial charge >= 0.3 is 6.18 Å². The number of rotatable bonds is 5. The van der Waals surface area contributed by atoms with Crippen LogP contribution in [0.25, 0.3) is 5.82 Å². The SMILES string of the molecule is Cl.Cl.O=C(NCC(N1CCNCC1)C(F)(F)F)c1ccc(-n2ccnc2)nc1. The van der Waals surface area contributed by atoms with Gasteiger partial charge in [-0.25, -0.2) is 9.97 Å². The van der Waals surface area contributed by atoms with Crippen molar-refractivity contribution in [3.05, 3.63) is 42.6 Å². The van der Waals surface area contributed by atoms with Gasteiger partial charge in [0.2, 0.25) is 0 Å². The molecule has 0 saturated carbocycles. The van der Waals surface area contributed by atoms with Gasteiger partial charge in [-0.1, -0.05) is 0 Å². The summed E-state index contributed by atoms with van der Waals surface area (Å²) < 4.78 is 41.7. The lowest BCUT2D eigenvalue weighted by molar-refractivity contribution is -0.183. The molecule has 2 N–H and O–H groups in total. The number of imidazole rings is 1. The zero-order chi connectivity index (χ0) is 18.6. The zero-order valence-corrected chi connectivity index (χ0v) is 16.4. The molecule has 1 atom stereocenters. The van der Waals surface area contributed by atoms with Gasteiger partial charge in [-0.15, -0.1) is 24.8 Å². The second-order valence-corrected chi connectivity index (χ2v) is 5.93. The number of amides is 1. The van der Waals surface area contributed by atoms with E-state index in [1.807, 2.05) is 0 Å². The predicted octanol–water partition coefficient (Wildman–Crippen LogP) is 1.68. The zero-order valence-electron chi connectivity index (χ0n) is 14.7. The summed E-state index contributed by atoms with van der Waals surface area (Å²) in [5, 5.41) is 5.39. The van der Waals surface area contributed by atoms with E-state index >= 15 is 0 Å². The Kier molecular flexibility index (Phi) is 9.15. The third kappa shape index (κ3) is 6.06. The van der Waals surface area contributed by atoms with Crippen molar-refractivity contribution in [1.82, 2.24) is 30.1 Å². The van der Waals surface area contributed by atoms with Crippen LogP contribution in [0.15, 0.2) is 37.1 Å². The topological polar surface area (TPSA) is 75.1 Å². The second-order valence-electron chi connectivity index (χ2n) is 5.93. The smallest absolute Gasteiger partial charge is 0.350 e. The van der Waals surface area contributed by atoms with Crippen molar-refractivity contribution in [2.45, 2.75) is 12.2 Å². The number of nitrogens with zero attached hydrogens (tertiary/aromatic N) is 4.